The molecule has 0 unspecified atom stereocenters. The summed E-state index contributed by atoms with van der Waals surface area (Å²) in [5, 5.41) is 12.7. The Kier molecular flexibility index (Phi) is 2.29. The van der Waals surface area contributed by atoms with Crippen molar-refractivity contribution >= 4 is 59.5 Å². The van der Waals surface area contributed by atoms with Crippen molar-refractivity contribution in [2.45, 2.75) is 0 Å². The fourth-order valence-corrected chi connectivity index (χ4v) is 4.47. The average molecular weight is 317 g/mol. The number of fused-ring (bicyclic) bond motifs is 5. The van der Waals surface area contributed by atoms with Crippen LogP contribution >= 0.6 is 0 Å². The highest BCUT2D eigenvalue weighted by molar-refractivity contribution is 6.39. The third-order valence-corrected chi connectivity index (χ3v) is 5.53. The van der Waals surface area contributed by atoms with Gasteiger partial charge in [-0.2, -0.15) is 0 Å². The lowest BCUT2D eigenvalue weighted by Gasteiger charge is -2.17. The highest BCUT2D eigenvalue weighted by Crippen LogP contribution is 2.44. The molecular formula is C24H15N. The number of benzene rings is 6. The minimum Gasteiger partial charge on any atom is -0.398 e. The zero-order chi connectivity index (χ0) is 16.5. The van der Waals surface area contributed by atoms with Gasteiger partial charge in [0.1, 0.15) is 0 Å². The van der Waals surface area contributed by atoms with E-state index in [1.165, 1.54) is 53.9 Å². The summed E-state index contributed by atoms with van der Waals surface area (Å²) in [5.74, 6) is 0. The van der Waals surface area contributed by atoms with Crippen LogP contribution in [-0.2, 0) is 0 Å². The van der Waals surface area contributed by atoms with E-state index in [0.717, 1.165) is 5.69 Å². The van der Waals surface area contributed by atoms with Crippen molar-refractivity contribution in [3.63, 3.8) is 0 Å². The molecule has 0 saturated carbocycles. The normalized spacial score (nSPS) is 12.2. The zero-order valence-electron chi connectivity index (χ0n) is 13.6. The summed E-state index contributed by atoms with van der Waals surface area (Å²) in [6, 6.07) is 28.2. The second-order valence-electron chi connectivity index (χ2n) is 6.81. The maximum absolute atomic E-state index is 6.52. The first-order valence-corrected chi connectivity index (χ1v) is 8.59. The van der Waals surface area contributed by atoms with Crippen LogP contribution in [0.2, 0.25) is 0 Å². The van der Waals surface area contributed by atoms with Crippen LogP contribution in [0, 0.1) is 0 Å². The molecule has 25 heavy (non-hydrogen) atoms. The van der Waals surface area contributed by atoms with Crippen LogP contribution in [0.4, 0.5) is 5.69 Å². The van der Waals surface area contributed by atoms with Crippen LogP contribution in [0.25, 0.3) is 53.9 Å². The monoisotopic (exact) mass is 317 g/mol. The lowest BCUT2D eigenvalue weighted by molar-refractivity contribution is 1.77. The summed E-state index contributed by atoms with van der Waals surface area (Å²) in [5.41, 5.74) is 7.38. The summed E-state index contributed by atoms with van der Waals surface area (Å²) in [4.78, 5) is 0. The van der Waals surface area contributed by atoms with E-state index in [-0.39, 0.29) is 0 Å². The fraction of sp³-hybridized carbons (Fsp3) is 0. The van der Waals surface area contributed by atoms with Crippen molar-refractivity contribution in [3.8, 4) is 0 Å². The number of hydrogen-bond acceptors (Lipinski definition) is 1. The van der Waals surface area contributed by atoms with E-state index in [0.29, 0.717) is 0 Å². The molecule has 0 atom stereocenters. The van der Waals surface area contributed by atoms with Gasteiger partial charge < -0.3 is 5.73 Å². The molecule has 6 aromatic carbocycles. The van der Waals surface area contributed by atoms with E-state index in [4.69, 9.17) is 5.73 Å². The topological polar surface area (TPSA) is 26.0 Å². The van der Waals surface area contributed by atoms with Gasteiger partial charge in [0.25, 0.3) is 0 Å². The number of anilines is 1. The van der Waals surface area contributed by atoms with Gasteiger partial charge in [0, 0.05) is 21.8 Å². The molecular weight excluding hydrogens is 302 g/mol. The molecule has 2 N–H and O–H groups in total. The van der Waals surface area contributed by atoms with Gasteiger partial charge in [-0.15, -0.1) is 0 Å². The van der Waals surface area contributed by atoms with Crippen LogP contribution in [-0.4, -0.2) is 0 Å². The Morgan fingerprint density at radius 1 is 0.400 bits per heavy atom. The Morgan fingerprint density at radius 3 is 1.96 bits per heavy atom. The van der Waals surface area contributed by atoms with Crippen LogP contribution in [0.3, 0.4) is 0 Å². The summed E-state index contributed by atoms with van der Waals surface area (Å²) in [6.07, 6.45) is 0. The lowest BCUT2D eigenvalue weighted by atomic mass is 9.87. The molecule has 0 aromatic heterocycles. The van der Waals surface area contributed by atoms with Gasteiger partial charge in [-0.3, -0.25) is 0 Å². The maximum Gasteiger partial charge on any atom is 0.0400 e. The predicted molar refractivity (Wildman–Crippen MR) is 110 cm³/mol. The molecule has 0 saturated heterocycles. The van der Waals surface area contributed by atoms with E-state index < -0.39 is 0 Å². The summed E-state index contributed by atoms with van der Waals surface area (Å²) < 4.78 is 0. The van der Waals surface area contributed by atoms with E-state index in [9.17, 15) is 0 Å². The van der Waals surface area contributed by atoms with Crippen molar-refractivity contribution < 1.29 is 0 Å². The minimum atomic E-state index is 0.854. The van der Waals surface area contributed by atoms with Crippen molar-refractivity contribution in [2.24, 2.45) is 0 Å². The van der Waals surface area contributed by atoms with Crippen LogP contribution in [0.15, 0.2) is 78.9 Å². The van der Waals surface area contributed by atoms with Crippen molar-refractivity contribution in [1.82, 2.24) is 0 Å². The molecule has 0 bridgehead atoms. The first-order chi connectivity index (χ1) is 12.3. The molecule has 116 valence electrons. The maximum atomic E-state index is 6.52. The molecule has 0 aliphatic heterocycles. The second-order valence-corrected chi connectivity index (χ2v) is 6.81. The molecule has 0 heterocycles. The Bertz CT molecular complexity index is 1440. The molecule has 0 fully saturated rings. The van der Waals surface area contributed by atoms with Gasteiger partial charge in [0.15, 0.2) is 0 Å². The summed E-state index contributed by atoms with van der Waals surface area (Å²) in [6.45, 7) is 0. The molecule has 0 radical (unpaired) electrons. The lowest BCUT2D eigenvalue weighted by Crippen LogP contribution is -1.93. The van der Waals surface area contributed by atoms with Crippen molar-refractivity contribution in [2.75, 3.05) is 5.73 Å². The first-order valence-electron chi connectivity index (χ1n) is 8.59. The van der Waals surface area contributed by atoms with Gasteiger partial charge in [-0.25, -0.2) is 0 Å². The minimum absolute atomic E-state index is 0.854. The summed E-state index contributed by atoms with van der Waals surface area (Å²) in [7, 11) is 0. The Balaban J connectivity index is 2.13. The molecule has 6 rings (SSSR count). The fourth-order valence-electron chi connectivity index (χ4n) is 4.47. The van der Waals surface area contributed by atoms with Crippen molar-refractivity contribution in [3.05, 3.63) is 78.9 Å². The molecule has 0 spiro atoms. The molecule has 1 nitrogen and oxygen atoms in total. The SMILES string of the molecule is Nc1ccc2ccc3cccc4c5ccc6ccccc6c5c1c2c34. The smallest absolute Gasteiger partial charge is 0.0400 e. The largest absolute Gasteiger partial charge is 0.398 e. The van der Waals surface area contributed by atoms with E-state index in [1.54, 1.807) is 0 Å². The predicted octanol–water partition coefficient (Wildman–Crippen LogP) is 6.47. The molecule has 0 aliphatic carbocycles. The van der Waals surface area contributed by atoms with Gasteiger partial charge in [-0.05, 0) is 43.8 Å². The highest BCUT2D eigenvalue weighted by Gasteiger charge is 2.16. The molecule has 0 amide bonds. The van der Waals surface area contributed by atoms with Gasteiger partial charge in [0.2, 0.25) is 0 Å². The average Bonchev–Trinajstić information content (AvgIpc) is 2.67. The van der Waals surface area contributed by atoms with Gasteiger partial charge >= 0.3 is 0 Å². The Labute approximate surface area is 144 Å². The van der Waals surface area contributed by atoms with Gasteiger partial charge in [-0.1, -0.05) is 72.8 Å². The number of hydrogen-bond donors (Lipinski definition) is 1. The van der Waals surface area contributed by atoms with Crippen molar-refractivity contribution in [1.29, 1.82) is 0 Å². The molecule has 0 aliphatic rings. The Hall–Kier alpha value is -3.32. The van der Waals surface area contributed by atoms with Gasteiger partial charge in [0.05, 0.1) is 0 Å². The first kappa shape index (κ1) is 13.0. The molecule has 1 heteroatoms. The summed E-state index contributed by atoms with van der Waals surface area (Å²) >= 11 is 0. The highest BCUT2D eigenvalue weighted by atomic mass is 14.6. The zero-order valence-corrected chi connectivity index (χ0v) is 13.6. The third kappa shape index (κ3) is 1.53. The van der Waals surface area contributed by atoms with E-state index >= 15 is 0 Å². The quantitative estimate of drug-likeness (QED) is 0.194. The number of nitrogens with two attached hydrogens (primary N) is 1. The standard InChI is InChI=1S/C24H15N/c25-20-13-11-16-9-8-15-5-3-7-18-19-12-10-14-4-1-2-6-17(14)23(19)24(20)22(16)21(15)18/h1-13H,25H2. The number of nitrogen functional groups attached to an aromatic ring is 1. The van der Waals surface area contributed by atoms with Crippen LogP contribution in [0.5, 0.6) is 0 Å². The van der Waals surface area contributed by atoms with Crippen LogP contribution < -0.4 is 5.73 Å². The number of rotatable bonds is 0. The van der Waals surface area contributed by atoms with Crippen LogP contribution in [0.1, 0.15) is 0 Å². The van der Waals surface area contributed by atoms with E-state index in [1.807, 2.05) is 6.07 Å². The second kappa shape index (κ2) is 4.40. The molecule has 6 aromatic rings. The third-order valence-electron chi connectivity index (χ3n) is 5.53. The Morgan fingerprint density at radius 2 is 1.04 bits per heavy atom. The van der Waals surface area contributed by atoms with E-state index in [2.05, 4.69) is 72.8 Å².